The number of rotatable bonds is 7. The van der Waals surface area contributed by atoms with E-state index in [1.807, 2.05) is 43.0 Å². The van der Waals surface area contributed by atoms with Gasteiger partial charge in [0.1, 0.15) is 29.3 Å². The smallest absolute Gasteiger partial charge is 0.262 e. The van der Waals surface area contributed by atoms with E-state index in [0.717, 1.165) is 24.3 Å². The van der Waals surface area contributed by atoms with Gasteiger partial charge < -0.3 is 29.0 Å². The Balaban J connectivity index is 0.00000167. The van der Waals surface area contributed by atoms with Crippen molar-refractivity contribution in [2.24, 2.45) is 0 Å². The van der Waals surface area contributed by atoms with Crippen molar-refractivity contribution in [3.63, 3.8) is 0 Å². The predicted molar refractivity (Wildman–Crippen MR) is 138 cm³/mol. The van der Waals surface area contributed by atoms with Crippen LogP contribution in [0.5, 0.6) is 11.5 Å². The summed E-state index contributed by atoms with van der Waals surface area (Å²) < 4.78 is 16.1. The number of hydrogen-bond donors (Lipinski definition) is 1. The van der Waals surface area contributed by atoms with E-state index in [4.69, 9.17) is 14.2 Å². The Labute approximate surface area is 205 Å². The molecule has 9 nitrogen and oxygen atoms in total. The molecule has 0 spiro atoms. The van der Waals surface area contributed by atoms with E-state index in [2.05, 4.69) is 14.9 Å². The number of aromatic amines is 1. The Morgan fingerprint density at radius 2 is 1.71 bits per heavy atom. The molecular weight excluding hydrogens is 448 g/mol. The number of nitrogens with zero attached hydrogens (tertiary/aromatic N) is 3. The summed E-state index contributed by atoms with van der Waals surface area (Å²) in [6, 6.07) is 11.3. The average molecular weight is 483 g/mol. The molecule has 1 saturated heterocycles. The number of piperazine rings is 1. The van der Waals surface area contributed by atoms with Gasteiger partial charge in [-0.1, -0.05) is 13.8 Å². The first-order valence-electron chi connectivity index (χ1n) is 11.8. The van der Waals surface area contributed by atoms with Gasteiger partial charge in [0.15, 0.2) is 0 Å². The summed E-state index contributed by atoms with van der Waals surface area (Å²) >= 11 is 0. The van der Waals surface area contributed by atoms with E-state index in [9.17, 15) is 9.59 Å². The topological polar surface area (TPSA) is 97.0 Å². The van der Waals surface area contributed by atoms with E-state index in [0.29, 0.717) is 54.5 Å². The van der Waals surface area contributed by atoms with E-state index in [1.54, 1.807) is 26.2 Å². The van der Waals surface area contributed by atoms with Gasteiger partial charge in [-0.25, -0.2) is 4.98 Å². The highest BCUT2D eigenvalue weighted by atomic mass is 16.5. The van der Waals surface area contributed by atoms with Gasteiger partial charge in [0, 0.05) is 63.6 Å². The number of methoxy groups -OCH3 is 2. The molecule has 0 radical (unpaired) electrons. The summed E-state index contributed by atoms with van der Waals surface area (Å²) in [4.78, 5) is 36.0. The summed E-state index contributed by atoms with van der Waals surface area (Å²) in [5.74, 6) is 1.54. The number of nitrogens with one attached hydrogen (secondary N) is 1. The number of aromatic nitrogens is 2. The van der Waals surface area contributed by atoms with Crippen LogP contribution in [0.15, 0.2) is 41.2 Å². The Morgan fingerprint density at radius 1 is 1.03 bits per heavy atom. The first-order chi connectivity index (χ1) is 17.0. The summed E-state index contributed by atoms with van der Waals surface area (Å²) in [5.41, 5.74) is 2.08. The summed E-state index contributed by atoms with van der Waals surface area (Å²) in [6.07, 6.45) is 0. The minimum absolute atomic E-state index is 0.111. The molecule has 1 aromatic heterocycles. The molecule has 0 saturated carbocycles. The Bertz CT molecular complexity index is 1180. The van der Waals surface area contributed by atoms with Gasteiger partial charge in [-0.05, 0) is 24.3 Å². The number of H-pyrrole nitrogens is 1. The van der Waals surface area contributed by atoms with Crippen LogP contribution in [0, 0.1) is 0 Å². The number of fused-ring (bicyclic) bond motifs is 1. The molecule has 1 amide bonds. The zero-order valence-corrected chi connectivity index (χ0v) is 21.1. The van der Waals surface area contributed by atoms with E-state index in [-0.39, 0.29) is 11.5 Å². The largest absolute Gasteiger partial charge is 0.496 e. The number of amides is 1. The van der Waals surface area contributed by atoms with Gasteiger partial charge in [0.2, 0.25) is 5.91 Å². The Kier molecular flexibility index (Phi) is 9.08. The van der Waals surface area contributed by atoms with Crippen LogP contribution in [-0.2, 0) is 9.53 Å². The second-order valence-corrected chi connectivity index (χ2v) is 7.82. The van der Waals surface area contributed by atoms with Crippen LogP contribution < -0.4 is 19.9 Å². The third-order valence-corrected chi connectivity index (χ3v) is 5.75. The lowest BCUT2D eigenvalue weighted by Crippen LogP contribution is -2.48. The Hall–Kier alpha value is -3.59. The van der Waals surface area contributed by atoms with Crippen molar-refractivity contribution in [3.8, 4) is 22.9 Å². The first-order valence-corrected chi connectivity index (χ1v) is 11.8. The average Bonchev–Trinajstić information content (AvgIpc) is 2.89. The molecule has 3 aromatic rings. The van der Waals surface area contributed by atoms with Crippen molar-refractivity contribution in [3.05, 3.63) is 46.8 Å². The normalized spacial score (nSPS) is 13.3. The lowest BCUT2D eigenvalue weighted by Gasteiger charge is -2.35. The molecule has 2 heterocycles. The lowest BCUT2D eigenvalue weighted by atomic mass is 10.1. The molecule has 188 valence electrons. The number of carbonyl (C=O) groups is 1. The lowest BCUT2D eigenvalue weighted by molar-refractivity contribution is -0.129. The minimum Gasteiger partial charge on any atom is -0.496 e. The van der Waals surface area contributed by atoms with E-state index in [1.165, 1.54) is 7.11 Å². The summed E-state index contributed by atoms with van der Waals surface area (Å²) in [7, 11) is 3.12. The standard InChI is InChI=1S/C24H28N4O5.C2H6/c1-16(29)27-8-10-28(11-9-27)18-6-4-17(5-7-18)23-25-20-14-19(33-13-12-31-2)15-21(32-3)22(20)24(30)26-23;1-2/h4-7,14-15H,8-13H2,1-3H3,(H,25,26,30);1-2H3. The molecule has 1 aliphatic heterocycles. The van der Waals surface area contributed by atoms with E-state index < -0.39 is 0 Å². The fourth-order valence-corrected chi connectivity index (χ4v) is 3.94. The molecule has 1 N–H and O–H groups in total. The van der Waals surface area contributed by atoms with Gasteiger partial charge in [-0.15, -0.1) is 0 Å². The zero-order chi connectivity index (χ0) is 25.4. The summed E-state index contributed by atoms with van der Waals surface area (Å²) in [6.45, 7) is 9.44. The van der Waals surface area contributed by atoms with Crippen LogP contribution >= 0.6 is 0 Å². The SMILES string of the molecule is CC.COCCOc1cc(OC)c2c(=O)[nH]c(-c3ccc(N4CCN(C(C)=O)CC4)cc3)nc2c1. The number of benzene rings is 2. The van der Waals surface area contributed by atoms with Gasteiger partial charge in [-0.3, -0.25) is 9.59 Å². The maximum atomic E-state index is 12.8. The first kappa shape index (κ1) is 26.0. The van der Waals surface area contributed by atoms with Crippen molar-refractivity contribution < 1.29 is 19.0 Å². The van der Waals surface area contributed by atoms with Gasteiger partial charge >= 0.3 is 0 Å². The molecule has 9 heteroatoms. The number of ether oxygens (including phenoxy) is 3. The second-order valence-electron chi connectivity index (χ2n) is 7.82. The van der Waals surface area contributed by atoms with Crippen LogP contribution in [0.3, 0.4) is 0 Å². The molecule has 1 fully saturated rings. The molecule has 2 aromatic carbocycles. The zero-order valence-electron chi connectivity index (χ0n) is 21.1. The van der Waals surface area contributed by atoms with Crippen molar-refractivity contribution in [1.29, 1.82) is 0 Å². The van der Waals surface area contributed by atoms with Gasteiger partial charge in [0.05, 0.1) is 19.2 Å². The predicted octanol–water partition coefficient (Wildman–Crippen LogP) is 3.32. The van der Waals surface area contributed by atoms with E-state index >= 15 is 0 Å². The third kappa shape index (κ3) is 6.10. The minimum atomic E-state index is -0.278. The van der Waals surface area contributed by atoms with Gasteiger partial charge in [-0.2, -0.15) is 0 Å². The highest BCUT2D eigenvalue weighted by molar-refractivity contribution is 5.87. The molecule has 0 bridgehead atoms. The van der Waals surface area contributed by atoms with Crippen LogP contribution in [-0.4, -0.2) is 74.4 Å². The fraction of sp³-hybridized carbons (Fsp3) is 0.423. The third-order valence-electron chi connectivity index (χ3n) is 5.75. The fourth-order valence-electron chi connectivity index (χ4n) is 3.94. The van der Waals surface area contributed by atoms with Crippen molar-refractivity contribution in [2.75, 3.05) is 58.5 Å². The number of hydrogen-bond acceptors (Lipinski definition) is 7. The molecule has 0 aliphatic carbocycles. The van der Waals surface area contributed by atoms with Crippen LogP contribution in [0.2, 0.25) is 0 Å². The summed E-state index contributed by atoms with van der Waals surface area (Å²) in [5, 5.41) is 0.375. The monoisotopic (exact) mass is 482 g/mol. The molecular formula is C26H34N4O5. The highest BCUT2D eigenvalue weighted by Crippen LogP contribution is 2.29. The van der Waals surface area contributed by atoms with Crippen LogP contribution in [0.4, 0.5) is 5.69 Å². The van der Waals surface area contributed by atoms with Crippen molar-refractivity contribution in [2.45, 2.75) is 20.8 Å². The molecule has 0 unspecified atom stereocenters. The molecule has 35 heavy (non-hydrogen) atoms. The molecule has 0 atom stereocenters. The number of carbonyl (C=O) groups excluding carboxylic acids is 1. The molecule has 1 aliphatic rings. The van der Waals surface area contributed by atoms with Crippen molar-refractivity contribution in [1.82, 2.24) is 14.9 Å². The highest BCUT2D eigenvalue weighted by Gasteiger charge is 2.19. The van der Waals surface area contributed by atoms with Gasteiger partial charge in [0.25, 0.3) is 5.56 Å². The maximum absolute atomic E-state index is 12.8. The Morgan fingerprint density at radius 3 is 2.31 bits per heavy atom. The maximum Gasteiger partial charge on any atom is 0.262 e. The molecule has 4 rings (SSSR count). The van der Waals surface area contributed by atoms with Crippen LogP contribution in [0.1, 0.15) is 20.8 Å². The number of anilines is 1. The van der Waals surface area contributed by atoms with Crippen molar-refractivity contribution >= 4 is 22.5 Å². The van der Waals surface area contributed by atoms with Crippen LogP contribution in [0.25, 0.3) is 22.3 Å². The quantitative estimate of drug-likeness (QED) is 0.516. The second kappa shape index (κ2) is 12.2.